The predicted octanol–water partition coefficient (Wildman–Crippen LogP) is 0.871. The highest BCUT2D eigenvalue weighted by atomic mass is 32.2. The van der Waals surface area contributed by atoms with Gasteiger partial charge in [0.25, 0.3) is 0 Å². The summed E-state index contributed by atoms with van der Waals surface area (Å²) in [5.74, 6) is -0.478. The lowest BCUT2D eigenvalue weighted by Gasteiger charge is -2.34. The lowest BCUT2D eigenvalue weighted by Crippen LogP contribution is -2.49. The second-order valence-electron chi connectivity index (χ2n) is 5.16. The van der Waals surface area contributed by atoms with Crippen LogP contribution < -0.4 is 10.5 Å². The summed E-state index contributed by atoms with van der Waals surface area (Å²) >= 11 is 1.24. The number of carbonyl (C=O) groups is 1. The Hall–Kier alpha value is -0.960. The van der Waals surface area contributed by atoms with E-state index in [0.29, 0.717) is 26.1 Å². The van der Waals surface area contributed by atoms with E-state index in [-0.39, 0.29) is 10.8 Å². The molecule has 0 atom stereocenters. The first kappa shape index (κ1) is 16.4. The maximum atomic E-state index is 12.3. The number of thiophene rings is 1. The molecule has 8 heteroatoms. The number of nitrogens with two attached hydrogens (primary N) is 1. The molecule has 0 spiro atoms. The molecule has 118 valence electrons. The third-order valence-electron chi connectivity index (χ3n) is 3.82. The van der Waals surface area contributed by atoms with E-state index in [0.717, 1.165) is 11.3 Å². The van der Waals surface area contributed by atoms with E-state index in [1.54, 1.807) is 12.1 Å². The number of primary amides is 1. The topological polar surface area (TPSA) is 98.5 Å². The highest BCUT2D eigenvalue weighted by molar-refractivity contribution is 7.91. The Morgan fingerprint density at radius 1 is 1.43 bits per heavy atom. The van der Waals surface area contributed by atoms with E-state index in [9.17, 15) is 13.2 Å². The Bertz CT molecular complexity index is 603. The summed E-state index contributed by atoms with van der Waals surface area (Å²) < 4.78 is 32.6. The van der Waals surface area contributed by atoms with Crippen LogP contribution in [0.15, 0.2) is 16.3 Å². The van der Waals surface area contributed by atoms with E-state index in [1.165, 1.54) is 11.3 Å². The average Bonchev–Trinajstić information content (AvgIpc) is 2.96. The molecule has 3 N–H and O–H groups in total. The lowest BCUT2D eigenvalue weighted by molar-refractivity contribution is -0.132. The molecular weight excluding hydrogens is 312 g/mol. The minimum absolute atomic E-state index is 0.0212. The van der Waals surface area contributed by atoms with Crippen molar-refractivity contribution in [3.8, 4) is 0 Å². The molecule has 0 radical (unpaired) electrons. The molecule has 2 rings (SSSR count). The number of hydrogen-bond acceptors (Lipinski definition) is 5. The molecule has 1 saturated heterocycles. The average molecular weight is 332 g/mol. The number of aryl methyl sites for hydroxylation is 1. The Kier molecular flexibility index (Phi) is 5.03. The predicted molar refractivity (Wildman–Crippen MR) is 80.6 cm³/mol. The minimum Gasteiger partial charge on any atom is -0.381 e. The zero-order chi connectivity index (χ0) is 15.5. The summed E-state index contributed by atoms with van der Waals surface area (Å²) in [5.41, 5.74) is 4.62. The summed E-state index contributed by atoms with van der Waals surface area (Å²) in [4.78, 5) is 12.7. The van der Waals surface area contributed by atoms with Crippen LogP contribution in [0.4, 0.5) is 0 Å². The summed E-state index contributed by atoms with van der Waals surface area (Å²) in [7, 11) is -3.60. The van der Waals surface area contributed by atoms with Gasteiger partial charge < -0.3 is 10.5 Å². The highest BCUT2D eigenvalue weighted by Gasteiger charge is 2.39. The largest absolute Gasteiger partial charge is 0.381 e. The molecule has 1 aliphatic heterocycles. The van der Waals surface area contributed by atoms with E-state index in [2.05, 4.69) is 4.72 Å². The summed E-state index contributed by atoms with van der Waals surface area (Å²) in [5, 5.41) is 0. The smallest absolute Gasteiger partial charge is 0.250 e. The Balaban J connectivity index is 2.11. The normalized spacial score (nSPS) is 18.5. The van der Waals surface area contributed by atoms with Crippen LogP contribution in [0.25, 0.3) is 0 Å². The first-order valence-electron chi connectivity index (χ1n) is 6.86. The van der Waals surface area contributed by atoms with Crippen molar-refractivity contribution < 1.29 is 17.9 Å². The number of hydrogen-bond donors (Lipinski definition) is 2. The molecule has 1 aromatic heterocycles. The number of ether oxygens (including phenoxy) is 1. The van der Waals surface area contributed by atoms with Gasteiger partial charge in [-0.3, -0.25) is 4.79 Å². The molecule has 0 aliphatic carbocycles. The molecule has 1 aromatic rings. The van der Waals surface area contributed by atoms with Gasteiger partial charge in [-0.25, -0.2) is 13.1 Å². The van der Waals surface area contributed by atoms with Gasteiger partial charge in [-0.1, -0.05) is 6.92 Å². The molecule has 1 aliphatic rings. The van der Waals surface area contributed by atoms with Crippen molar-refractivity contribution in [2.24, 2.45) is 11.1 Å². The molecule has 21 heavy (non-hydrogen) atoms. The number of carbonyl (C=O) groups excluding carboxylic acids is 1. The first-order valence-corrected chi connectivity index (χ1v) is 9.16. The number of rotatable bonds is 6. The lowest BCUT2D eigenvalue weighted by atomic mass is 9.80. The fourth-order valence-electron chi connectivity index (χ4n) is 2.27. The zero-order valence-corrected chi connectivity index (χ0v) is 13.6. The van der Waals surface area contributed by atoms with Gasteiger partial charge in [0.1, 0.15) is 4.21 Å². The van der Waals surface area contributed by atoms with Crippen LogP contribution in [0.2, 0.25) is 0 Å². The van der Waals surface area contributed by atoms with Crippen LogP contribution in [-0.4, -0.2) is 34.1 Å². The zero-order valence-electron chi connectivity index (χ0n) is 11.9. The van der Waals surface area contributed by atoms with Crippen molar-refractivity contribution in [1.29, 1.82) is 0 Å². The molecule has 1 fully saturated rings. The minimum atomic E-state index is -3.60. The third-order valence-corrected chi connectivity index (χ3v) is 6.95. The second-order valence-corrected chi connectivity index (χ2v) is 8.32. The van der Waals surface area contributed by atoms with Gasteiger partial charge in [0.05, 0.1) is 5.41 Å². The number of nitrogens with one attached hydrogen (secondary N) is 1. The van der Waals surface area contributed by atoms with Crippen molar-refractivity contribution in [3.05, 3.63) is 17.0 Å². The molecule has 2 heterocycles. The summed E-state index contributed by atoms with van der Waals surface area (Å²) in [6.07, 6.45) is 1.67. The monoisotopic (exact) mass is 332 g/mol. The maximum Gasteiger partial charge on any atom is 0.250 e. The molecule has 6 nitrogen and oxygen atoms in total. The SMILES string of the molecule is CCc1ccc(S(=O)(=O)NCC2(C(N)=O)CCOCC2)s1. The molecule has 0 aromatic carbocycles. The fraction of sp³-hybridized carbons (Fsp3) is 0.615. The molecule has 0 bridgehead atoms. The van der Waals surface area contributed by atoms with E-state index < -0.39 is 21.3 Å². The Morgan fingerprint density at radius 3 is 2.62 bits per heavy atom. The van der Waals surface area contributed by atoms with Gasteiger partial charge in [0.15, 0.2) is 0 Å². The van der Waals surface area contributed by atoms with Crippen LogP contribution >= 0.6 is 11.3 Å². The quantitative estimate of drug-likeness (QED) is 0.807. The Morgan fingerprint density at radius 2 is 2.10 bits per heavy atom. The van der Waals surface area contributed by atoms with Crippen molar-refractivity contribution in [2.45, 2.75) is 30.4 Å². The molecule has 0 saturated carbocycles. The van der Waals surface area contributed by atoms with Crippen LogP contribution in [0, 0.1) is 5.41 Å². The van der Waals surface area contributed by atoms with Gasteiger partial charge in [0.2, 0.25) is 15.9 Å². The number of amides is 1. The van der Waals surface area contributed by atoms with Crippen LogP contribution in [0.3, 0.4) is 0 Å². The van der Waals surface area contributed by atoms with Gasteiger partial charge in [0, 0.05) is 24.6 Å². The number of sulfonamides is 1. The van der Waals surface area contributed by atoms with Crippen molar-refractivity contribution >= 4 is 27.3 Å². The van der Waals surface area contributed by atoms with Crippen molar-refractivity contribution in [1.82, 2.24) is 4.72 Å². The van der Waals surface area contributed by atoms with Gasteiger partial charge in [-0.05, 0) is 31.4 Å². The van der Waals surface area contributed by atoms with Crippen LogP contribution in [0.5, 0.6) is 0 Å². The van der Waals surface area contributed by atoms with E-state index in [1.807, 2.05) is 6.92 Å². The van der Waals surface area contributed by atoms with Gasteiger partial charge in [-0.2, -0.15) is 0 Å². The van der Waals surface area contributed by atoms with E-state index >= 15 is 0 Å². The van der Waals surface area contributed by atoms with Crippen molar-refractivity contribution in [3.63, 3.8) is 0 Å². The summed E-state index contributed by atoms with van der Waals surface area (Å²) in [6, 6.07) is 3.39. The van der Waals surface area contributed by atoms with Crippen molar-refractivity contribution in [2.75, 3.05) is 19.8 Å². The molecule has 0 unspecified atom stereocenters. The summed E-state index contributed by atoms with van der Waals surface area (Å²) in [6.45, 7) is 2.83. The highest BCUT2D eigenvalue weighted by Crippen LogP contribution is 2.30. The van der Waals surface area contributed by atoms with Crippen LogP contribution in [0.1, 0.15) is 24.6 Å². The molecular formula is C13H20N2O4S2. The first-order chi connectivity index (χ1) is 9.89. The van der Waals surface area contributed by atoms with Gasteiger partial charge >= 0.3 is 0 Å². The fourth-order valence-corrected chi connectivity index (χ4v) is 4.74. The third kappa shape index (κ3) is 3.63. The Labute approximate surface area is 128 Å². The van der Waals surface area contributed by atoms with Crippen LogP contribution in [-0.2, 0) is 26.0 Å². The molecule has 1 amide bonds. The standard InChI is InChI=1S/C13H20N2O4S2/c1-2-10-3-4-11(20-10)21(17,18)15-9-13(12(14)16)5-7-19-8-6-13/h3-4,15H,2,5-9H2,1H3,(H2,14,16). The second kappa shape index (κ2) is 6.43. The van der Waals surface area contributed by atoms with E-state index in [4.69, 9.17) is 10.5 Å². The maximum absolute atomic E-state index is 12.3. The van der Waals surface area contributed by atoms with Gasteiger partial charge in [-0.15, -0.1) is 11.3 Å².